The smallest absolute Gasteiger partial charge is 0.324 e. The third-order valence-corrected chi connectivity index (χ3v) is 5.80. The lowest BCUT2D eigenvalue weighted by Crippen LogP contribution is -2.51. The van der Waals surface area contributed by atoms with Crippen LogP contribution in [0.15, 0.2) is 60.7 Å². The van der Waals surface area contributed by atoms with E-state index in [1.54, 1.807) is 27.9 Å². The molecule has 5 amide bonds. The van der Waals surface area contributed by atoms with Gasteiger partial charge in [0.2, 0.25) is 17.7 Å². The molecule has 0 aliphatic heterocycles. The molecule has 9 heteroatoms. The summed E-state index contributed by atoms with van der Waals surface area (Å²) in [6, 6.07) is 18.9. The number of urea groups is 1. The fraction of sp³-hybridized carbons (Fsp3) is 0.393. The third kappa shape index (κ3) is 9.34. The minimum atomic E-state index is -0.722. The summed E-state index contributed by atoms with van der Waals surface area (Å²) >= 11 is 0. The maximum atomic E-state index is 13.4. The molecular weight excluding hydrogens is 470 g/mol. The zero-order valence-electron chi connectivity index (χ0n) is 22.1. The number of amides is 5. The van der Waals surface area contributed by atoms with Crippen molar-refractivity contribution in [2.24, 2.45) is 5.73 Å². The Morgan fingerprint density at radius 2 is 1.43 bits per heavy atom. The number of nitrogens with two attached hydrogens (primary N) is 1. The molecule has 37 heavy (non-hydrogen) atoms. The number of carbonyl (C=O) groups is 4. The van der Waals surface area contributed by atoms with E-state index in [1.807, 2.05) is 36.4 Å². The Morgan fingerprint density at radius 1 is 0.892 bits per heavy atom. The molecule has 2 rings (SSSR count). The molecule has 0 fully saturated rings. The van der Waals surface area contributed by atoms with Crippen LogP contribution in [0.4, 0.5) is 4.79 Å². The molecule has 9 nitrogen and oxygen atoms in total. The van der Waals surface area contributed by atoms with Crippen LogP contribution in [-0.4, -0.2) is 66.8 Å². The van der Waals surface area contributed by atoms with Crippen LogP contribution in [-0.2, 0) is 14.4 Å². The second-order valence-electron chi connectivity index (χ2n) is 9.27. The van der Waals surface area contributed by atoms with E-state index in [0.717, 1.165) is 16.0 Å². The second-order valence-corrected chi connectivity index (χ2v) is 9.27. The zero-order valence-corrected chi connectivity index (χ0v) is 22.1. The predicted molar refractivity (Wildman–Crippen MR) is 143 cm³/mol. The van der Waals surface area contributed by atoms with Crippen LogP contribution in [0.5, 0.6) is 0 Å². The molecule has 0 saturated heterocycles. The maximum Gasteiger partial charge on any atom is 0.324 e. The monoisotopic (exact) mass is 508 g/mol. The molecule has 0 aliphatic rings. The Bertz CT molecular complexity index is 988. The van der Waals surface area contributed by atoms with Gasteiger partial charge in [0.1, 0.15) is 0 Å². The Morgan fingerprint density at radius 3 is 1.89 bits per heavy atom. The highest BCUT2D eigenvalue weighted by molar-refractivity contribution is 6.04. The average molecular weight is 509 g/mol. The lowest BCUT2D eigenvalue weighted by atomic mass is 9.95. The molecule has 0 aliphatic carbocycles. The van der Waals surface area contributed by atoms with Gasteiger partial charge in [0, 0.05) is 26.6 Å². The van der Waals surface area contributed by atoms with Gasteiger partial charge in [-0.05, 0) is 44.4 Å². The van der Waals surface area contributed by atoms with Gasteiger partial charge in [-0.25, -0.2) is 4.79 Å². The number of nitrogens with one attached hydrogen (secondary N) is 2. The fourth-order valence-electron chi connectivity index (χ4n) is 3.86. The van der Waals surface area contributed by atoms with Crippen molar-refractivity contribution in [1.29, 1.82) is 0 Å². The van der Waals surface area contributed by atoms with Gasteiger partial charge >= 0.3 is 6.03 Å². The zero-order chi connectivity index (χ0) is 27.4. The van der Waals surface area contributed by atoms with E-state index in [2.05, 4.69) is 34.9 Å². The number of primary amides is 1. The van der Waals surface area contributed by atoms with Gasteiger partial charge in [0.15, 0.2) is 0 Å². The van der Waals surface area contributed by atoms with Gasteiger partial charge < -0.3 is 21.3 Å². The summed E-state index contributed by atoms with van der Waals surface area (Å²) in [6.07, 6.45) is 0.805. The number of imide groups is 1. The highest BCUT2D eigenvalue weighted by Gasteiger charge is 2.33. The van der Waals surface area contributed by atoms with Gasteiger partial charge in [0.05, 0.1) is 18.5 Å². The highest BCUT2D eigenvalue weighted by Crippen LogP contribution is 2.23. The van der Waals surface area contributed by atoms with E-state index in [9.17, 15) is 19.2 Å². The quantitative estimate of drug-likeness (QED) is 0.359. The largest absolute Gasteiger partial charge is 0.368 e. The van der Waals surface area contributed by atoms with E-state index in [4.69, 9.17) is 5.73 Å². The molecule has 4 N–H and O–H groups in total. The molecular formula is C28H38N5O4. The standard InChI is InChI=1S/C28H38N5O4/c1-20(2)33(28(37)31-19-24(29)34)27(36)23(18-25(35)32(3)4)16-11-17-30-26(21-12-7-5-8-13-21)22-14-9-6-10-15-22/h5-10,12-15,20,26,30H,11,16-19H2,1-4H3,(H2,29,34)(H,31,37). The van der Waals surface area contributed by atoms with Gasteiger partial charge in [0.25, 0.3) is 0 Å². The molecule has 0 atom stereocenters. The number of hydrogen-bond donors (Lipinski definition) is 3. The molecule has 0 heterocycles. The van der Waals surface area contributed by atoms with E-state index in [1.165, 1.54) is 4.90 Å². The number of carbonyl (C=O) groups excluding carboxylic acids is 4. The molecule has 2 aromatic rings. The van der Waals surface area contributed by atoms with Crippen molar-refractivity contribution >= 4 is 23.8 Å². The topological polar surface area (TPSA) is 125 Å². The summed E-state index contributed by atoms with van der Waals surface area (Å²) in [4.78, 5) is 52.1. The number of rotatable bonds is 13. The molecule has 0 unspecified atom stereocenters. The van der Waals surface area contributed by atoms with Gasteiger partial charge in [-0.15, -0.1) is 0 Å². The predicted octanol–water partition coefficient (Wildman–Crippen LogP) is 2.63. The first-order chi connectivity index (χ1) is 17.6. The normalized spacial score (nSPS) is 11.0. The molecule has 2 aromatic carbocycles. The van der Waals surface area contributed by atoms with Crippen molar-refractivity contribution in [3.05, 3.63) is 77.7 Å². The van der Waals surface area contributed by atoms with E-state index < -0.39 is 23.9 Å². The lowest BCUT2D eigenvalue weighted by Gasteiger charge is -2.29. The number of hydrogen-bond acceptors (Lipinski definition) is 5. The molecule has 0 spiro atoms. The van der Waals surface area contributed by atoms with Crippen LogP contribution < -0.4 is 16.4 Å². The SMILES string of the molecule is CC(C)N(C(=O)NCC(N)=O)C(=O)[C](CCCNC(c1ccccc1)c1ccccc1)CC(=O)N(C)C. The number of nitrogens with zero attached hydrogens (tertiary/aromatic N) is 2. The van der Waals surface area contributed by atoms with Crippen molar-refractivity contribution in [3.63, 3.8) is 0 Å². The van der Waals surface area contributed by atoms with Gasteiger partial charge in [-0.2, -0.15) is 0 Å². The highest BCUT2D eigenvalue weighted by atomic mass is 16.2. The van der Waals surface area contributed by atoms with Crippen molar-refractivity contribution in [3.8, 4) is 0 Å². The van der Waals surface area contributed by atoms with Crippen LogP contribution in [0.2, 0.25) is 0 Å². The van der Waals surface area contributed by atoms with Gasteiger partial charge in [-0.3, -0.25) is 19.3 Å². The van der Waals surface area contributed by atoms with Crippen molar-refractivity contribution in [2.45, 2.75) is 45.2 Å². The third-order valence-electron chi connectivity index (χ3n) is 5.80. The Balaban J connectivity index is 2.13. The van der Waals surface area contributed by atoms with E-state index in [0.29, 0.717) is 25.3 Å². The minimum Gasteiger partial charge on any atom is -0.368 e. The summed E-state index contributed by atoms with van der Waals surface area (Å²) in [5.41, 5.74) is 7.36. The molecule has 0 bridgehead atoms. The second kappa shape index (κ2) is 14.7. The summed E-state index contributed by atoms with van der Waals surface area (Å²) in [6.45, 7) is 3.58. The summed E-state index contributed by atoms with van der Waals surface area (Å²) < 4.78 is 0. The minimum absolute atomic E-state index is 0.0308. The van der Waals surface area contributed by atoms with E-state index in [-0.39, 0.29) is 24.9 Å². The van der Waals surface area contributed by atoms with Crippen LogP contribution in [0.3, 0.4) is 0 Å². The molecule has 0 saturated carbocycles. The number of benzene rings is 2. The molecule has 199 valence electrons. The van der Waals surface area contributed by atoms with Crippen LogP contribution in [0, 0.1) is 5.92 Å². The van der Waals surface area contributed by atoms with Crippen LogP contribution in [0.25, 0.3) is 0 Å². The Labute approximate surface area is 219 Å². The average Bonchev–Trinajstić information content (AvgIpc) is 2.87. The molecule has 0 aromatic heterocycles. The van der Waals surface area contributed by atoms with Crippen LogP contribution >= 0.6 is 0 Å². The Kier molecular flexibility index (Phi) is 11.8. The van der Waals surface area contributed by atoms with E-state index >= 15 is 0 Å². The lowest BCUT2D eigenvalue weighted by molar-refractivity contribution is -0.133. The first-order valence-corrected chi connectivity index (χ1v) is 12.4. The van der Waals surface area contributed by atoms with Gasteiger partial charge in [-0.1, -0.05) is 60.7 Å². The maximum absolute atomic E-state index is 13.4. The van der Waals surface area contributed by atoms with Crippen molar-refractivity contribution in [1.82, 2.24) is 20.4 Å². The molecule has 1 radical (unpaired) electrons. The fourth-order valence-corrected chi connectivity index (χ4v) is 3.86. The van der Waals surface area contributed by atoms with Crippen molar-refractivity contribution < 1.29 is 19.2 Å². The Hall–Kier alpha value is -3.72. The van der Waals surface area contributed by atoms with Crippen molar-refractivity contribution in [2.75, 3.05) is 27.2 Å². The summed E-state index contributed by atoms with van der Waals surface area (Å²) in [7, 11) is 3.24. The van der Waals surface area contributed by atoms with Crippen LogP contribution in [0.1, 0.15) is 50.3 Å². The summed E-state index contributed by atoms with van der Waals surface area (Å²) in [5.74, 6) is -1.15. The first-order valence-electron chi connectivity index (χ1n) is 12.4. The summed E-state index contributed by atoms with van der Waals surface area (Å²) in [5, 5.41) is 5.93. The first kappa shape index (κ1) is 29.5.